The van der Waals surface area contributed by atoms with Crippen molar-refractivity contribution in [3.05, 3.63) is 60.2 Å². The number of esters is 1. The highest BCUT2D eigenvalue weighted by Gasteiger charge is 2.31. The largest absolute Gasteiger partial charge is 0.454 e. The van der Waals surface area contributed by atoms with Gasteiger partial charge in [-0.3, -0.25) is 14.5 Å². The van der Waals surface area contributed by atoms with Gasteiger partial charge in [0.25, 0.3) is 15.9 Å². The minimum atomic E-state index is -3.69. The summed E-state index contributed by atoms with van der Waals surface area (Å²) in [4.78, 5) is 30.0. The van der Waals surface area contributed by atoms with Crippen LogP contribution in [0, 0.1) is 0 Å². The number of amides is 1. The zero-order valence-electron chi connectivity index (χ0n) is 15.3. The van der Waals surface area contributed by atoms with Crippen LogP contribution in [0.3, 0.4) is 0 Å². The number of carbonyl (C=O) groups is 2. The number of nitrogens with zero attached hydrogens (tertiary/aromatic N) is 2. The van der Waals surface area contributed by atoms with Crippen LogP contribution in [0.2, 0.25) is 0 Å². The number of amidine groups is 1. The third-order valence-electron chi connectivity index (χ3n) is 4.18. The van der Waals surface area contributed by atoms with Crippen LogP contribution in [0.25, 0.3) is 0 Å². The molecule has 1 aliphatic rings. The van der Waals surface area contributed by atoms with Crippen LogP contribution in [0.4, 0.5) is 5.69 Å². The van der Waals surface area contributed by atoms with Gasteiger partial charge >= 0.3 is 5.97 Å². The molecule has 0 bridgehead atoms. The lowest BCUT2D eigenvalue weighted by Crippen LogP contribution is -2.33. The van der Waals surface area contributed by atoms with E-state index in [0.717, 1.165) is 0 Å². The Kier molecular flexibility index (Phi) is 5.46. The van der Waals surface area contributed by atoms with Gasteiger partial charge in [-0.25, -0.2) is 13.2 Å². The molecule has 1 heterocycles. The third-order valence-corrected chi connectivity index (χ3v) is 5.58. The molecule has 0 radical (unpaired) electrons. The Morgan fingerprint density at radius 1 is 1.11 bits per heavy atom. The zero-order chi connectivity index (χ0) is 20.3. The fourth-order valence-corrected chi connectivity index (χ4v) is 3.86. The molecule has 3 rings (SSSR count). The molecule has 0 fully saturated rings. The molecule has 9 heteroatoms. The van der Waals surface area contributed by atoms with Gasteiger partial charge in [-0.2, -0.15) is 0 Å². The fourth-order valence-electron chi connectivity index (χ4n) is 2.62. The molecule has 0 spiro atoms. The van der Waals surface area contributed by atoms with Crippen LogP contribution in [-0.4, -0.2) is 45.8 Å². The lowest BCUT2D eigenvalue weighted by molar-refractivity contribution is -0.148. The first-order chi connectivity index (χ1) is 13.3. The molecule has 2 aromatic rings. The van der Waals surface area contributed by atoms with E-state index in [1.54, 1.807) is 49.5 Å². The maximum atomic E-state index is 12.2. The number of hydrogen-bond acceptors (Lipinski definition) is 6. The summed E-state index contributed by atoms with van der Waals surface area (Å²) in [6, 6.07) is 14.3. The summed E-state index contributed by atoms with van der Waals surface area (Å²) < 4.78 is 31.5. The predicted octanol–water partition coefficient (Wildman–Crippen LogP) is 1.32. The first kappa shape index (κ1) is 19.6. The van der Waals surface area contributed by atoms with Crippen LogP contribution in [0.1, 0.15) is 12.5 Å². The van der Waals surface area contributed by atoms with Crippen molar-refractivity contribution in [2.75, 3.05) is 18.6 Å². The number of sulfonamides is 1. The van der Waals surface area contributed by atoms with E-state index in [-0.39, 0.29) is 10.7 Å². The number of para-hydroxylation sites is 1. The minimum Gasteiger partial charge on any atom is -0.454 e. The number of likely N-dealkylation sites (N-methyl/N-ethyl adjacent to an activating group) is 1. The van der Waals surface area contributed by atoms with Gasteiger partial charge in [0, 0.05) is 18.3 Å². The quantitative estimate of drug-likeness (QED) is 0.761. The Morgan fingerprint density at radius 2 is 1.75 bits per heavy atom. The Hall–Kier alpha value is -3.20. The lowest BCUT2D eigenvalue weighted by atomic mass is 10.2. The smallest absolute Gasteiger partial charge is 0.331 e. The zero-order valence-corrected chi connectivity index (χ0v) is 16.1. The monoisotopic (exact) mass is 401 g/mol. The molecule has 2 aromatic carbocycles. The second kappa shape index (κ2) is 7.81. The summed E-state index contributed by atoms with van der Waals surface area (Å²) in [5.41, 5.74) is 1.07. The van der Waals surface area contributed by atoms with Crippen molar-refractivity contribution in [1.29, 1.82) is 0 Å². The molecule has 0 saturated carbocycles. The Bertz CT molecular complexity index is 1030. The molecule has 1 atom stereocenters. The highest BCUT2D eigenvalue weighted by atomic mass is 32.2. The molecule has 0 aromatic heterocycles. The van der Waals surface area contributed by atoms with E-state index in [1.165, 1.54) is 17.9 Å². The van der Waals surface area contributed by atoms with Gasteiger partial charge in [-0.15, -0.1) is 0 Å². The van der Waals surface area contributed by atoms with Crippen molar-refractivity contribution < 1.29 is 22.7 Å². The average molecular weight is 401 g/mol. The molecular weight excluding hydrogens is 382 g/mol. The van der Waals surface area contributed by atoms with E-state index < -0.39 is 34.5 Å². The molecule has 1 amide bonds. The second-order valence-electron chi connectivity index (χ2n) is 6.15. The van der Waals surface area contributed by atoms with Gasteiger partial charge in [-0.05, 0) is 31.2 Å². The maximum absolute atomic E-state index is 12.2. The summed E-state index contributed by atoms with van der Waals surface area (Å²) in [5.74, 6) is -1.05. The first-order valence-corrected chi connectivity index (χ1v) is 9.96. The molecular formula is C19H19N3O5S. The van der Waals surface area contributed by atoms with Crippen molar-refractivity contribution in [2.24, 2.45) is 4.99 Å². The fraction of sp³-hybridized carbons (Fsp3) is 0.211. The van der Waals surface area contributed by atoms with Gasteiger partial charge in [0.05, 0.1) is 4.90 Å². The highest BCUT2D eigenvalue weighted by Crippen LogP contribution is 2.22. The van der Waals surface area contributed by atoms with Crippen molar-refractivity contribution in [1.82, 2.24) is 4.72 Å². The van der Waals surface area contributed by atoms with Crippen LogP contribution < -0.4 is 9.62 Å². The van der Waals surface area contributed by atoms with Crippen molar-refractivity contribution in [3.63, 3.8) is 0 Å². The molecule has 1 N–H and O–H groups in total. The molecule has 0 saturated heterocycles. The van der Waals surface area contributed by atoms with E-state index in [9.17, 15) is 18.0 Å². The standard InChI is InChI=1S/C19H19N3O5S/c1-13(20-18-15-10-6-7-11-16(15)28(25,26)21-18)19(24)27-12-17(23)22(2)14-8-4-3-5-9-14/h3-11,13H,12H2,1-2H3,(H,20,21). The van der Waals surface area contributed by atoms with E-state index in [0.29, 0.717) is 11.3 Å². The SMILES string of the molecule is CC(N=C1NS(=O)(=O)c2ccccc21)C(=O)OCC(=O)N(C)c1ccccc1. The van der Waals surface area contributed by atoms with Gasteiger partial charge in [0.15, 0.2) is 6.61 Å². The number of rotatable bonds is 5. The van der Waals surface area contributed by atoms with Crippen LogP contribution in [-0.2, 0) is 24.3 Å². The summed E-state index contributed by atoms with van der Waals surface area (Å²) in [6.07, 6.45) is 0. The number of carbonyl (C=O) groups excluding carboxylic acids is 2. The van der Waals surface area contributed by atoms with E-state index in [4.69, 9.17) is 4.74 Å². The van der Waals surface area contributed by atoms with Crippen LogP contribution in [0.15, 0.2) is 64.5 Å². The van der Waals surface area contributed by atoms with Crippen molar-refractivity contribution >= 4 is 33.4 Å². The molecule has 8 nitrogen and oxygen atoms in total. The van der Waals surface area contributed by atoms with E-state index in [1.807, 2.05) is 6.07 Å². The molecule has 28 heavy (non-hydrogen) atoms. The number of hydrogen-bond donors (Lipinski definition) is 1. The van der Waals surface area contributed by atoms with Gasteiger partial charge in [0.1, 0.15) is 11.9 Å². The second-order valence-corrected chi connectivity index (χ2v) is 7.80. The van der Waals surface area contributed by atoms with E-state index in [2.05, 4.69) is 9.71 Å². The summed E-state index contributed by atoms with van der Waals surface area (Å²) >= 11 is 0. The van der Waals surface area contributed by atoms with Gasteiger partial charge in [-0.1, -0.05) is 30.3 Å². The van der Waals surface area contributed by atoms with Crippen LogP contribution >= 0.6 is 0 Å². The van der Waals surface area contributed by atoms with Gasteiger partial charge < -0.3 is 9.64 Å². The molecule has 1 aliphatic heterocycles. The topological polar surface area (TPSA) is 105 Å². The summed E-state index contributed by atoms with van der Waals surface area (Å²) in [6.45, 7) is 1.03. The molecule has 0 aliphatic carbocycles. The van der Waals surface area contributed by atoms with Gasteiger partial charge in [0.2, 0.25) is 0 Å². The van der Waals surface area contributed by atoms with Crippen molar-refractivity contribution in [2.45, 2.75) is 17.9 Å². The average Bonchev–Trinajstić information content (AvgIpc) is 2.96. The summed E-state index contributed by atoms with van der Waals surface area (Å²) in [7, 11) is -2.10. The third kappa shape index (κ3) is 4.04. The number of fused-ring (bicyclic) bond motifs is 1. The maximum Gasteiger partial charge on any atom is 0.331 e. The number of nitrogens with one attached hydrogen (secondary N) is 1. The minimum absolute atomic E-state index is 0.0766. The number of anilines is 1. The number of benzene rings is 2. The Morgan fingerprint density at radius 3 is 2.46 bits per heavy atom. The number of aliphatic imine (C=N–C) groups is 1. The van der Waals surface area contributed by atoms with Crippen molar-refractivity contribution in [3.8, 4) is 0 Å². The Balaban J connectivity index is 1.64. The lowest BCUT2D eigenvalue weighted by Gasteiger charge is -2.17. The van der Waals surface area contributed by atoms with Crippen LogP contribution in [0.5, 0.6) is 0 Å². The number of ether oxygens (including phenoxy) is 1. The predicted molar refractivity (Wildman–Crippen MR) is 104 cm³/mol. The highest BCUT2D eigenvalue weighted by molar-refractivity contribution is 7.90. The summed E-state index contributed by atoms with van der Waals surface area (Å²) in [5, 5.41) is 0. The normalized spacial score (nSPS) is 16.7. The van der Waals surface area contributed by atoms with E-state index >= 15 is 0 Å². The molecule has 1 unspecified atom stereocenters. The Labute approximate surface area is 162 Å². The first-order valence-electron chi connectivity index (χ1n) is 8.48. The molecule has 146 valence electrons.